The highest BCUT2D eigenvalue weighted by Gasteiger charge is 2.46. The predicted molar refractivity (Wildman–Crippen MR) is 169 cm³/mol. The number of halogens is 3. The largest absolute Gasteiger partial charge is 0.508 e. The molecule has 0 spiro atoms. The van der Waals surface area contributed by atoms with Crippen molar-refractivity contribution in [2.75, 3.05) is 44.2 Å². The number of rotatable bonds is 8. The second kappa shape index (κ2) is 11.3. The van der Waals surface area contributed by atoms with Gasteiger partial charge < -0.3 is 25.0 Å². The monoisotopic (exact) mass is 617 g/mol. The van der Waals surface area contributed by atoms with E-state index in [9.17, 15) is 13.9 Å². The van der Waals surface area contributed by atoms with Crippen LogP contribution in [0.25, 0.3) is 32.8 Å². The minimum absolute atomic E-state index is 0.0650. The quantitative estimate of drug-likeness (QED) is 0.238. The van der Waals surface area contributed by atoms with E-state index >= 15 is 4.39 Å². The molecule has 3 unspecified atom stereocenters. The van der Waals surface area contributed by atoms with Crippen LogP contribution in [0.5, 0.6) is 11.8 Å². The van der Waals surface area contributed by atoms with Gasteiger partial charge >= 0.3 is 6.01 Å². The molecule has 4 aromatic rings. The van der Waals surface area contributed by atoms with Crippen LogP contribution < -0.4 is 15.0 Å². The average Bonchev–Trinajstić information content (AvgIpc) is 3.73. The number of nitrogens with zero attached hydrogens (tertiary/aromatic N) is 4. The number of ether oxygens (including phenoxy) is 1. The van der Waals surface area contributed by atoms with Gasteiger partial charge in [0.05, 0.1) is 6.61 Å². The second-order valence-corrected chi connectivity index (χ2v) is 13.7. The minimum atomic E-state index is -2.29. The maximum atomic E-state index is 16.7. The van der Waals surface area contributed by atoms with Crippen molar-refractivity contribution in [2.24, 2.45) is 11.3 Å². The Bertz CT molecular complexity index is 1740. The van der Waals surface area contributed by atoms with Crippen LogP contribution in [0.15, 0.2) is 48.5 Å². The Labute approximate surface area is 260 Å². The molecule has 10 heteroatoms. The maximum absolute atomic E-state index is 16.7. The van der Waals surface area contributed by atoms with Crippen molar-refractivity contribution in [3.63, 3.8) is 0 Å². The van der Waals surface area contributed by atoms with Gasteiger partial charge in [0.1, 0.15) is 17.1 Å². The number of piperazine rings is 1. The number of benzene rings is 3. The normalized spacial score (nSPS) is 24.5. The van der Waals surface area contributed by atoms with Crippen molar-refractivity contribution in [2.45, 2.75) is 57.0 Å². The number of aromatic hydroxyl groups is 1. The van der Waals surface area contributed by atoms with Crippen LogP contribution in [0.4, 0.5) is 19.0 Å². The maximum Gasteiger partial charge on any atom is 0.319 e. The number of likely N-dealkylation sites (tertiary alicyclic amines) is 1. The molecule has 8 rings (SSSR count). The van der Waals surface area contributed by atoms with Crippen molar-refractivity contribution in [1.29, 1.82) is 0 Å². The van der Waals surface area contributed by atoms with Crippen molar-refractivity contribution in [3.8, 4) is 22.9 Å². The summed E-state index contributed by atoms with van der Waals surface area (Å²) in [6.07, 6.45) is 3.17. The fourth-order valence-electron chi connectivity index (χ4n) is 7.78. The summed E-state index contributed by atoms with van der Waals surface area (Å²) in [5.41, 5.74) is 1.00. The van der Waals surface area contributed by atoms with Crippen molar-refractivity contribution < 1.29 is 23.0 Å². The van der Waals surface area contributed by atoms with E-state index < -0.39 is 18.2 Å². The predicted octanol–water partition coefficient (Wildman–Crippen LogP) is 6.37. The lowest BCUT2D eigenvalue weighted by Gasteiger charge is -2.35. The van der Waals surface area contributed by atoms with Gasteiger partial charge in [-0.05, 0) is 79.6 Å². The van der Waals surface area contributed by atoms with Gasteiger partial charge in [0.2, 0.25) is 6.43 Å². The fourth-order valence-corrected chi connectivity index (χ4v) is 7.78. The zero-order chi connectivity index (χ0) is 30.7. The summed E-state index contributed by atoms with van der Waals surface area (Å²) in [7, 11) is 0. The molecule has 1 saturated carbocycles. The van der Waals surface area contributed by atoms with Gasteiger partial charge in [-0.1, -0.05) is 30.3 Å². The average molecular weight is 618 g/mol. The molecule has 1 aliphatic carbocycles. The SMILES string of the molecule is Oc1cc(-c2ccc3c(N4CC5CCC(C4)N5)nc(OCC4(CN5CCCC(C(F)F)C5)CC4)nc3c2F)c2ccccc2c1. The molecule has 7 nitrogen and oxygen atoms in total. The molecule has 3 aliphatic heterocycles. The van der Waals surface area contributed by atoms with Crippen LogP contribution in [-0.4, -0.2) is 77.8 Å². The highest BCUT2D eigenvalue weighted by atomic mass is 19.3. The van der Waals surface area contributed by atoms with Gasteiger partial charge in [0.25, 0.3) is 0 Å². The third-order valence-corrected chi connectivity index (χ3v) is 10.3. The molecule has 0 amide bonds. The first kappa shape index (κ1) is 28.8. The summed E-state index contributed by atoms with van der Waals surface area (Å²) in [5, 5.41) is 16.4. The third-order valence-electron chi connectivity index (χ3n) is 10.3. The number of hydrogen-bond acceptors (Lipinski definition) is 7. The molecule has 0 radical (unpaired) electrons. The van der Waals surface area contributed by atoms with Gasteiger partial charge in [-0.15, -0.1) is 0 Å². The lowest BCUT2D eigenvalue weighted by atomic mass is 9.96. The second-order valence-electron chi connectivity index (χ2n) is 13.7. The molecule has 2 N–H and O–H groups in total. The lowest BCUT2D eigenvalue weighted by Crippen LogP contribution is -2.51. The first-order valence-corrected chi connectivity index (χ1v) is 16.2. The number of hydrogen-bond donors (Lipinski definition) is 2. The number of phenolic OH excluding ortho intramolecular Hbond substituents is 1. The van der Waals surface area contributed by atoms with Gasteiger partial charge in [0.15, 0.2) is 5.82 Å². The molecule has 236 valence electrons. The molecule has 3 aromatic carbocycles. The number of alkyl halides is 2. The minimum Gasteiger partial charge on any atom is -0.508 e. The van der Waals surface area contributed by atoms with Crippen LogP contribution in [-0.2, 0) is 0 Å². The molecule has 45 heavy (non-hydrogen) atoms. The van der Waals surface area contributed by atoms with Crippen molar-refractivity contribution >= 4 is 27.5 Å². The van der Waals surface area contributed by atoms with Crippen molar-refractivity contribution in [1.82, 2.24) is 20.2 Å². The van der Waals surface area contributed by atoms with Gasteiger partial charge in [-0.2, -0.15) is 9.97 Å². The van der Waals surface area contributed by atoms with E-state index in [2.05, 4.69) is 20.1 Å². The Balaban J connectivity index is 1.14. The van der Waals surface area contributed by atoms with Crippen LogP contribution in [0.1, 0.15) is 38.5 Å². The Hall–Kier alpha value is -3.63. The number of anilines is 1. The molecule has 3 saturated heterocycles. The first-order valence-electron chi connectivity index (χ1n) is 16.2. The molecule has 3 atom stereocenters. The Morgan fingerprint density at radius 1 is 0.956 bits per heavy atom. The summed E-state index contributed by atoms with van der Waals surface area (Å²) in [4.78, 5) is 13.9. The molecular formula is C35H38F3N5O2. The van der Waals surface area contributed by atoms with Gasteiger partial charge in [0, 0.05) is 60.5 Å². The third kappa shape index (κ3) is 5.56. The molecule has 2 bridgehead atoms. The molecule has 1 aromatic heterocycles. The van der Waals surface area contributed by atoms with Crippen LogP contribution >= 0.6 is 0 Å². The van der Waals surface area contributed by atoms with Crippen LogP contribution in [0.3, 0.4) is 0 Å². The van der Waals surface area contributed by atoms with E-state index in [4.69, 9.17) is 9.72 Å². The lowest BCUT2D eigenvalue weighted by molar-refractivity contribution is 0.0185. The summed E-state index contributed by atoms with van der Waals surface area (Å²) < 4.78 is 49.8. The molecule has 4 aliphatic rings. The first-order chi connectivity index (χ1) is 21.8. The smallest absolute Gasteiger partial charge is 0.319 e. The molecule has 4 fully saturated rings. The number of fused-ring (bicyclic) bond motifs is 4. The van der Waals surface area contributed by atoms with Crippen LogP contribution in [0, 0.1) is 17.2 Å². The van der Waals surface area contributed by atoms with Gasteiger partial charge in [-0.25, -0.2) is 13.2 Å². The Morgan fingerprint density at radius 2 is 1.76 bits per heavy atom. The summed E-state index contributed by atoms with van der Waals surface area (Å²) in [6.45, 7) is 3.85. The molecular weight excluding hydrogens is 579 g/mol. The zero-order valence-electron chi connectivity index (χ0n) is 25.2. The number of piperidine rings is 1. The zero-order valence-corrected chi connectivity index (χ0v) is 25.2. The summed E-state index contributed by atoms with van der Waals surface area (Å²) in [5.74, 6) is -0.324. The highest BCUT2D eigenvalue weighted by molar-refractivity contribution is 6.01. The topological polar surface area (TPSA) is 73.8 Å². The van der Waals surface area contributed by atoms with E-state index in [-0.39, 0.29) is 22.7 Å². The summed E-state index contributed by atoms with van der Waals surface area (Å²) >= 11 is 0. The fraction of sp³-hybridized carbons (Fsp3) is 0.486. The number of aromatic nitrogens is 2. The van der Waals surface area contributed by atoms with Crippen molar-refractivity contribution in [3.05, 3.63) is 54.3 Å². The van der Waals surface area contributed by atoms with E-state index in [1.807, 2.05) is 30.3 Å². The standard InChI is InChI=1S/C35H38F3N5O2/c36-30-27(29-15-25(44)14-21-4-1-2-6-26(21)29)9-10-28-31(30)40-34(41-33(28)43-17-23-7-8-24(18-43)39-23)45-20-35(11-12-35)19-42-13-3-5-22(16-42)32(37)38/h1-2,4,6,9-10,14-15,22-24,32,39,44H,3,5,7-8,11-13,16-20H2. The Kier molecular flexibility index (Phi) is 7.24. The van der Waals surface area contributed by atoms with E-state index in [0.717, 1.165) is 62.5 Å². The van der Waals surface area contributed by atoms with E-state index in [1.165, 1.54) is 0 Å². The Morgan fingerprint density at radius 3 is 2.53 bits per heavy atom. The summed E-state index contributed by atoms with van der Waals surface area (Å²) in [6, 6.07) is 15.4. The van der Waals surface area contributed by atoms with E-state index in [0.29, 0.717) is 60.5 Å². The molecule has 4 heterocycles. The number of nitrogens with one attached hydrogen (secondary N) is 1. The highest BCUT2D eigenvalue weighted by Crippen LogP contribution is 2.47. The van der Waals surface area contributed by atoms with E-state index in [1.54, 1.807) is 18.2 Å². The number of phenols is 1. The van der Waals surface area contributed by atoms with Crippen LogP contribution in [0.2, 0.25) is 0 Å². The van der Waals surface area contributed by atoms with Gasteiger partial charge in [-0.3, -0.25) is 0 Å².